The Bertz CT molecular complexity index is 436. The molecule has 2 unspecified atom stereocenters. The van der Waals surface area contributed by atoms with Crippen LogP contribution >= 0.6 is 12.6 Å². The highest BCUT2D eigenvalue weighted by molar-refractivity contribution is 7.80. The minimum atomic E-state index is -0.451. The molecule has 0 bridgehead atoms. The Morgan fingerprint density at radius 1 is 1.30 bits per heavy atom. The number of thiol groups is 1. The Labute approximate surface area is 145 Å². The van der Waals surface area contributed by atoms with Gasteiger partial charge in [0.2, 0.25) is 5.91 Å². The molecule has 23 heavy (non-hydrogen) atoms. The van der Waals surface area contributed by atoms with E-state index in [0.29, 0.717) is 18.3 Å². The number of carbonyl (C=O) groups excluding carboxylic acids is 2. The van der Waals surface area contributed by atoms with Crippen LogP contribution in [0.1, 0.15) is 46.5 Å². The molecule has 2 aliphatic rings. The third kappa shape index (κ3) is 5.59. The Morgan fingerprint density at radius 3 is 2.65 bits per heavy atom. The Morgan fingerprint density at radius 2 is 2.04 bits per heavy atom. The SMILES string of the molecule is CC(C)(C)OC(=O)N1CCCC(CCN2CC(CS)CC2=O)C1. The summed E-state index contributed by atoms with van der Waals surface area (Å²) in [6, 6.07) is 0. The summed E-state index contributed by atoms with van der Waals surface area (Å²) in [4.78, 5) is 27.9. The third-order valence-corrected chi connectivity index (χ3v) is 5.05. The number of ether oxygens (including phenoxy) is 1. The van der Waals surface area contributed by atoms with Crippen molar-refractivity contribution >= 4 is 24.6 Å². The van der Waals surface area contributed by atoms with Crippen LogP contribution in [0.15, 0.2) is 0 Å². The summed E-state index contributed by atoms with van der Waals surface area (Å²) < 4.78 is 5.46. The molecule has 0 spiro atoms. The van der Waals surface area contributed by atoms with Gasteiger partial charge in [-0.05, 0) is 57.6 Å². The maximum atomic E-state index is 12.2. The van der Waals surface area contributed by atoms with Gasteiger partial charge in [-0.1, -0.05) is 0 Å². The molecule has 2 rings (SSSR count). The number of nitrogens with zero attached hydrogens (tertiary/aromatic N) is 2. The third-order valence-electron chi connectivity index (χ3n) is 4.53. The van der Waals surface area contributed by atoms with Crippen molar-refractivity contribution in [3.05, 3.63) is 0 Å². The van der Waals surface area contributed by atoms with E-state index in [1.54, 1.807) is 0 Å². The maximum Gasteiger partial charge on any atom is 0.410 e. The van der Waals surface area contributed by atoms with E-state index in [1.807, 2.05) is 30.6 Å². The van der Waals surface area contributed by atoms with Crippen LogP contribution in [-0.4, -0.2) is 59.3 Å². The molecule has 6 heteroatoms. The first-order chi connectivity index (χ1) is 10.8. The molecule has 0 N–H and O–H groups in total. The first-order valence-electron chi connectivity index (χ1n) is 8.65. The second-order valence-corrected chi connectivity index (χ2v) is 8.18. The summed E-state index contributed by atoms with van der Waals surface area (Å²) in [5, 5.41) is 0. The zero-order valence-corrected chi connectivity index (χ0v) is 15.5. The van der Waals surface area contributed by atoms with E-state index in [-0.39, 0.29) is 12.0 Å². The zero-order chi connectivity index (χ0) is 17.0. The smallest absolute Gasteiger partial charge is 0.410 e. The molecule has 5 nitrogen and oxygen atoms in total. The highest BCUT2D eigenvalue weighted by Gasteiger charge is 2.31. The normalized spacial score (nSPS) is 25.8. The predicted octanol–water partition coefficient (Wildman–Crippen LogP) is 2.80. The minimum absolute atomic E-state index is 0.213. The topological polar surface area (TPSA) is 49.9 Å². The summed E-state index contributed by atoms with van der Waals surface area (Å²) in [7, 11) is 0. The Hall–Kier alpha value is -0.910. The lowest BCUT2D eigenvalue weighted by Crippen LogP contribution is -2.43. The van der Waals surface area contributed by atoms with Crippen molar-refractivity contribution in [1.29, 1.82) is 0 Å². The molecule has 2 amide bonds. The van der Waals surface area contributed by atoms with Crippen molar-refractivity contribution in [3.63, 3.8) is 0 Å². The Balaban J connectivity index is 1.78. The van der Waals surface area contributed by atoms with E-state index >= 15 is 0 Å². The van der Waals surface area contributed by atoms with Crippen LogP contribution in [0.4, 0.5) is 4.79 Å². The highest BCUT2D eigenvalue weighted by atomic mass is 32.1. The van der Waals surface area contributed by atoms with Gasteiger partial charge in [0.1, 0.15) is 5.60 Å². The minimum Gasteiger partial charge on any atom is -0.444 e. The van der Waals surface area contributed by atoms with Crippen LogP contribution in [-0.2, 0) is 9.53 Å². The van der Waals surface area contributed by atoms with Gasteiger partial charge in [-0.2, -0.15) is 12.6 Å². The maximum absolute atomic E-state index is 12.2. The van der Waals surface area contributed by atoms with E-state index in [4.69, 9.17) is 4.74 Å². The fourth-order valence-electron chi connectivity index (χ4n) is 3.32. The molecule has 2 aliphatic heterocycles. The zero-order valence-electron chi connectivity index (χ0n) is 14.6. The number of piperidine rings is 1. The summed E-state index contributed by atoms with van der Waals surface area (Å²) in [6.07, 6.45) is 3.52. The second-order valence-electron chi connectivity index (χ2n) is 7.82. The molecule has 0 aromatic rings. The molecule has 0 saturated carbocycles. The van der Waals surface area contributed by atoms with Crippen molar-refractivity contribution in [2.75, 3.05) is 31.9 Å². The van der Waals surface area contributed by atoms with Gasteiger partial charge >= 0.3 is 6.09 Å². The quantitative estimate of drug-likeness (QED) is 0.799. The van der Waals surface area contributed by atoms with Gasteiger partial charge in [0.05, 0.1) is 0 Å². The van der Waals surface area contributed by atoms with E-state index in [0.717, 1.165) is 51.2 Å². The van der Waals surface area contributed by atoms with Gasteiger partial charge in [-0.15, -0.1) is 0 Å². The Kier molecular flexibility index (Phi) is 6.23. The monoisotopic (exact) mass is 342 g/mol. The number of rotatable bonds is 4. The van der Waals surface area contributed by atoms with Crippen LogP contribution in [0.25, 0.3) is 0 Å². The number of hydrogen-bond acceptors (Lipinski definition) is 4. The van der Waals surface area contributed by atoms with E-state index < -0.39 is 5.60 Å². The van der Waals surface area contributed by atoms with E-state index in [1.165, 1.54) is 0 Å². The van der Waals surface area contributed by atoms with E-state index in [2.05, 4.69) is 12.6 Å². The lowest BCUT2D eigenvalue weighted by atomic mass is 9.95. The molecule has 0 aromatic carbocycles. The van der Waals surface area contributed by atoms with Crippen LogP contribution in [0.2, 0.25) is 0 Å². The van der Waals surface area contributed by atoms with Crippen molar-refractivity contribution in [3.8, 4) is 0 Å². The first-order valence-corrected chi connectivity index (χ1v) is 9.28. The molecule has 2 heterocycles. The van der Waals surface area contributed by atoms with Crippen LogP contribution in [0.3, 0.4) is 0 Å². The van der Waals surface area contributed by atoms with Gasteiger partial charge in [0.25, 0.3) is 0 Å². The molecule has 2 atom stereocenters. The fraction of sp³-hybridized carbons (Fsp3) is 0.882. The molecule has 0 radical (unpaired) electrons. The fourth-order valence-corrected chi connectivity index (χ4v) is 3.57. The van der Waals surface area contributed by atoms with E-state index in [9.17, 15) is 9.59 Å². The molecular weight excluding hydrogens is 312 g/mol. The van der Waals surface area contributed by atoms with Gasteiger partial charge < -0.3 is 14.5 Å². The van der Waals surface area contributed by atoms with Gasteiger partial charge in [0, 0.05) is 32.6 Å². The molecular formula is C17H30N2O3S. The standard InChI is InChI=1S/C17H30N2O3S/c1-17(2,3)22-16(21)19-7-4-5-13(10-19)6-8-18-11-14(12-23)9-15(18)20/h13-14,23H,4-12H2,1-3H3. The second kappa shape index (κ2) is 7.77. The van der Waals surface area contributed by atoms with Gasteiger partial charge in [-0.25, -0.2) is 4.79 Å². The van der Waals surface area contributed by atoms with Gasteiger partial charge in [0.15, 0.2) is 0 Å². The van der Waals surface area contributed by atoms with Crippen LogP contribution in [0, 0.1) is 11.8 Å². The number of carbonyl (C=O) groups is 2. The number of hydrogen-bond donors (Lipinski definition) is 1. The van der Waals surface area contributed by atoms with Crippen molar-refractivity contribution in [2.45, 2.75) is 52.1 Å². The molecule has 2 saturated heterocycles. The molecule has 132 valence electrons. The van der Waals surface area contributed by atoms with Crippen molar-refractivity contribution in [2.24, 2.45) is 11.8 Å². The molecule has 2 fully saturated rings. The number of amides is 2. The summed E-state index contributed by atoms with van der Waals surface area (Å²) in [5.74, 6) is 1.89. The van der Waals surface area contributed by atoms with Gasteiger partial charge in [-0.3, -0.25) is 4.79 Å². The summed E-state index contributed by atoms with van der Waals surface area (Å²) in [6.45, 7) is 8.83. The molecule has 0 aliphatic carbocycles. The summed E-state index contributed by atoms with van der Waals surface area (Å²) >= 11 is 4.30. The highest BCUT2D eigenvalue weighted by Crippen LogP contribution is 2.24. The van der Waals surface area contributed by atoms with Crippen molar-refractivity contribution in [1.82, 2.24) is 9.80 Å². The average molecular weight is 343 g/mol. The average Bonchev–Trinajstić information content (AvgIpc) is 2.84. The lowest BCUT2D eigenvalue weighted by Gasteiger charge is -2.34. The summed E-state index contributed by atoms with van der Waals surface area (Å²) in [5.41, 5.74) is -0.451. The first kappa shape index (κ1) is 18.4. The largest absolute Gasteiger partial charge is 0.444 e. The van der Waals surface area contributed by atoms with Crippen molar-refractivity contribution < 1.29 is 14.3 Å². The predicted molar refractivity (Wildman–Crippen MR) is 93.7 cm³/mol. The van der Waals surface area contributed by atoms with Crippen LogP contribution in [0.5, 0.6) is 0 Å². The molecule has 0 aromatic heterocycles. The van der Waals surface area contributed by atoms with Crippen LogP contribution < -0.4 is 0 Å². The number of likely N-dealkylation sites (tertiary alicyclic amines) is 2. The lowest BCUT2D eigenvalue weighted by molar-refractivity contribution is -0.127.